The molecule has 0 saturated carbocycles. The summed E-state index contributed by atoms with van der Waals surface area (Å²) < 4.78 is 17.9. The van der Waals surface area contributed by atoms with Crippen molar-refractivity contribution in [2.24, 2.45) is 4.99 Å². The van der Waals surface area contributed by atoms with E-state index in [4.69, 9.17) is 25.5 Å². The molecule has 36 heavy (non-hydrogen) atoms. The molecule has 0 unspecified atom stereocenters. The molecule has 8 heteroatoms. The topological polar surface area (TPSA) is 73.9 Å². The third kappa shape index (κ3) is 5.27. The number of hydrogen-bond donors (Lipinski definition) is 0. The number of esters is 1. The maximum atomic E-state index is 12.5. The van der Waals surface area contributed by atoms with Crippen molar-refractivity contribution in [2.75, 3.05) is 7.11 Å². The molecule has 4 aromatic carbocycles. The number of carbonyl (C=O) groups excluding carboxylic acids is 1. The van der Waals surface area contributed by atoms with E-state index in [1.54, 1.807) is 48.7 Å². The molecular formula is C28H18ClIN2O4. The minimum Gasteiger partial charge on any atom is -0.493 e. The Hall–Kier alpha value is -3.69. The summed E-state index contributed by atoms with van der Waals surface area (Å²) in [4.78, 5) is 21.7. The zero-order chi connectivity index (χ0) is 25.1. The molecule has 5 aromatic rings. The summed E-state index contributed by atoms with van der Waals surface area (Å²) in [5.74, 6) is 0.683. The lowest BCUT2D eigenvalue weighted by atomic mass is 10.2. The van der Waals surface area contributed by atoms with Gasteiger partial charge >= 0.3 is 5.97 Å². The van der Waals surface area contributed by atoms with Gasteiger partial charge < -0.3 is 13.9 Å². The summed E-state index contributed by atoms with van der Waals surface area (Å²) in [6.07, 6.45) is 1.70. The SMILES string of the molecule is COc1cc(C=Nc2ccc3oc(-c4cccc(I)c4)nc3c2)ccc1OC(=O)c1ccccc1Cl. The zero-order valence-corrected chi connectivity index (χ0v) is 21.9. The summed E-state index contributed by atoms with van der Waals surface area (Å²) in [6, 6.07) is 25.4. The van der Waals surface area contributed by atoms with Gasteiger partial charge in [0, 0.05) is 15.3 Å². The number of fused-ring (bicyclic) bond motifs is 1. The maximum Gasteiger partial charge on any atom is 0.345 e. The number of benzene rings is 4. The van der Waals surface area contributed by atoms with Gasteiger partial charge in [0.1, 0.15) is 5.52 Å². The predicted octanol–water partition coefficient (Wildman–Crippen LogP) is 7.73. The Labute approximate surface area is 225 Å². The van der Waals surface area contributed by atoms with E-state index in [0.29, 0.717) is 22.2 Å². The first kappa shape index (κ1) is 24.0. The molecule has 0 radical (unpaired) electrons. The van der Waals surface area contributed by atoms with Crippen molar-refractivity contribution in [2.45, 2.75) is 0 Å². The van der Waals surface area contributed by atoms with Crippen LogP contribution in [0.3, 0.4) is 0 Å². The van der Waals surface area contributed by atoms with E-state index >= 15 is 0 Å². The standard InChI is InChI=1S/C28H18ClIN2O4/c1-34-26-13-17(9-11-25(26)36-28(33)21-7-2-3-8-22(21)29)16-31-20-10-12-24-23(15-20)32-27(35-24)18-5-4-6-19(30)14-18/h2-16H,1H3. The molecular weight excluding hydrogens is 591 g/mol. The van der Waals surface area contributed by atoms with Crippen LogP contribution in [0, 0.1) is 3.57 Å². The van der Waals surface area contributed by atoms with Crippen LogP contribution in [0.2, 0.25) is 5.02 Å². The summed E-state index contributed by atoms with van der Waals surface area (Å²) in [7, 11) is 1.51. The van der Waals surface area contributed by atoms with Crippen molar-refractivity contribution >= 4 is 63.2 Å². The number of rotatable bonds is 6. The van der Waals surface area contributed by atoms with Gasteiger partial charge in [-0.25, -0.2) is 9.78 Å². The molecule has 0 amide bonds. The van der Waals surface area contributed by atoms with Gasteiger partial charge in [-0.15, -0.1) is 0 Å². The third-order valence-electron chi connectivity index (χ3n) is 5.29. The lowest BCUT2D eigenvalue weighted by Gasteiger charge is -2.10. The first-order chi connectivity index (χ1) is 17.5. The van der Waals surface area contributed by atoms with Crippen LogP contribution in [0.25, 0.3) is 22.6 Å². The van der Waals surface area contributed by atoms with Crippen molar-refractivity contribution in [1.29, 1.82) is 0 Å². The number of aromatic nitrogens is 1. The smallest absolute Gasteiger partial charge is 0.345 e. The average molecular weight is 609 g/mol. The van der Waals surface area contributed by atoms with Crippen LogP contribution in [-0.2, 0) is 0 Å². The predicted molar refractivity (Wildman–Crippen MR) is 149 cm³/mol. The Kier molecular flexibility index (Phi) is 7.02. The quantitative estimate of drug-likeness (QED) is 0.0854. The number of hydrogen-bond acceptors (Lipinski definition) is 6. The maximum absolute atomic E-state index is 12.5. The van der Waals surface area contributed by atoms with Crippen molar-refractivity contribution in [3.8, 4) is 23.0 Å². The highest BCUT2D eigenvalue weighted by molar-refractivity contribution is 14.1. The van der Waals surface area contributed by atoms with Gasteiger partial charge in [0.2, 0.25) is 5.89 Å². The highest BCUT2D eigenvalue weighted by Gasteiger charge is 2.15. The fourth-order valence-electron chi connectivity index (χ4n) is 3.52. The fraction of sp³-hybridized carbons (Fsp3) is 0.0357. The summed E-state index contributed by atoms with van der Waals surface area (Å²) in [5, 5.41) is 0.319. The minimum absolute atomic E-state index is 0.278. The number of ether oxygens (including phenoxy) is 2. The molecule has 1 aromatic heterocycles. The number of halogens is 2. The van der Waals surface area contributed by atoms with Crippen molar-refractivity contribution in [1.82, 2.24) is 4.98 Å². The minimum atomic E-state index is -0.564. The molecule has 178 valence electrons. The van der Waals surface area contributed by atoms with Crippen LogP contribution in [-0.4, -0.2) is 24.3 Å². The molecule has 1 heterocycles. The average Bonchev–Trinajstić information content (AvgIpc) is 3.32. The first-order valence-electron chi connectivity index (χ1n) is 10.9. The number of oxazole rings is 1. The van der Waals surface area contributed by atoms with Gasteiger partial charge in [-0.05, 0) is 94.9 Å². The molecule has 0 fully saturated rings. The van der Waals surface area contributed by atoms with Gasteiger partial charge in [0.25, 0.3) is 0 Å². The van der Waals surface area contributed by atoms with Gasteiger partial charge in [-0.1, -0.05) is 29.8 Å². The van der Waals surface area contributed by atoms with E-state index in [0.717, 1.165) is 25.9 Å². The van der Waals surface area contributed by atoms with Gasteiger partial charge in [0.15, 0.2) is 17.1 Å². The summed E-state index contributed by atoms with van der Waals surface area (Å²) in [6.45, 7) is 0. The summed E-state index contributed by atoms with van der Waals surface area (Å²) in [5.41, 5.74) is 4.10. The molecule has 0 aliphatic heterocycles. The number of nitrogens with zero attached hydrogens (tertiary/aromatic N) is 2. The Morgan fingerprint density at radius 3 is 2.67 bits per heavy atom. The zero-order valence-electron chi connectivity index (χ0n) is 18.9. The number of carbonyl (C=O) groups is 1. The van der Waals surface area contributed by atoms with Gasteiger partial charge in [-0.2, -0.15) is 0 Å². The number of methoxy groups -OCH3 is 1. The van der Waals surface area contributed by atoms with Crippen molar-refractivity contribution in [3.63, 3.8) is 0 Å². The van der Waals surface area contributed by atoms with Crippen LogP contribution in [0.5, 0.6) is 11.5 Å². The molecule has 0 spiro atoms. The van der Waals surface area contributed by atoms with Crippen LogP contribution < -0.4 is 9.47 Å². The van der Waals surface area contributed by atoms with Crippen LogP contribution in [0.15, 0.2) is 94.3 Å². The van der Waals surface area contributed by atoms with E-state index in [1.165, 1.54) is 7.11 Å². The Bertz CT molecular complexity index is 1610. The number of aliphatic imine (C=N–C) groups is 1. The van der Waals surface area contributed by atoms with E-state index in [9.17, 15) is 4.79 Å². The van der Waals surface area contributed by atoms with E-state index < -0.39 is 5.97 Å². The Morgan fingerprint density at radius 2 is 1.86 bits per heavy atom. The fourth-order valence-corrected chi connectivity index (χ4v) is 4.28. The third-order valence-corrected chi connectivity index (χ3v) is 6.29. The van der Waals surface area contributed by atoms with Crippen molar-refractivity contribution in [3.05, 3.63) is 105 Å². The molecule has 0 aliphatic rings. The van der Waals surface area contributed by atoms with Crippen LogP contribution in [0.4, 0.5) is 5.69 Å². The van der Waals surface area contributed by atoms with Crippen molar-refractivity contribution < 1.29 is 18.7 Å². The highest BCUT2D eigenvalue weighted by Crippen LogP contribution is 2.30. The normalized spacial score (nSPS) is 11.2. The summed E-state index contributed by atoms with van der Waals surface area (Å²) >= 11 is 8.36. The van der Waals surface area contributed by atoms with Gasteiger partial charge in [0.05, 0.1) is 23.4 Å². The van der Waals surface area contributed by atoms with E-state index in [2.05, 4.69) is 32.6 Å². The largest absolute Gasteiger partial charge is 0.493 e. The molecule has 0 N–H and O–H groups in total. The second-order valence-corrected chi connectivity index (χ2v) is 9.37. The van der Waals surface area contributed by atoms with Crippen LogP contribution >= 0.6 is 34.2 Å². The lowest BCUT2D eigenvalue weighted by molar-refractivity contribution is 0.0730. The Morgan fingerprint density at radius 1 is 1.00 bits per heavy atom. The van der Waals surface area contributed by atoms with Gasteiger partial charge in [-0.3, -0.25) is 4.99 Å². The molecule has 5 rings (SSSR count). The second kappa shape index (κ2) is 10.5. The highest BCUT2D eigenvalue weighted by atomic mass is 127. The van der Waals surface area contributed by atoms with E-state index in [1.807, 2.05) is 42.5 Å². The second-order valence-electron chi connectivity index (χ2n) is 7.72. The molecule has 0 bridgehead atoms. The molecule has 0 saturated heterocycles. The first-order valence-corrected chi connectivity index (χ1v) is 12.3. The monoisotopic (exact) mass is 608 g/mol. The molecule has 0 atom stereocenters. The molecule has 0 aliphatic carbocycles. The van der Waals surface area contributed by atoms with E-state index in [-0.39, 0.29) is 11.3 Å². The Balaban J connectivity index is 1.35. The van der Waals surface area contributed by atoms with Crippen LogP contribution in [0.1, 0.15) is 15.9 Å². The lowest BCUT2D eigenvalue weighted by Crippen LogP contribution is -2.10. The molecule has 6 nitrogen and oxygen atoms in total.